The van der Waals surface area contributed by atoms with Gasteiger partial charge in [-0.2, -0.15) is 31.3 Å². The molecule has 2 fully saturated rings. The molecule has 62 heavy (non-hydrogen) atoms. The minimum absolute atomic E-state index is 0.0811. The van der Waals surface area contributed by atoms with E-state index in [0.29, 0.717) is 50.1 Å². The second-order valence-electron chi connectivity index (χ2n) is 16.4. The van der Waals surface area contributed by atoms with Gasteiger partial charge in [0.25, 0.3) is 5.91 Å². The summed E-state index contributed by atoms with van der Waals surface area (Å²) in [5, 5.41) is 3.80. The fraction of sp³-hybridized carbons (Fsp3) is 0.429. The molecule has 1 saturated heterocycles. The predicted molar refractivity (Wildman–Crippen MR) is 216 cm³/mol. The number of fused-ring (bicyclic) bond motifs is 4. The summed E-state index contributed by atoms with van der Waals surface area (Å²) in [7, 11) is 0. The first-order chi connectivity index (χ1) is 29.5. The molecule has 6 aromatic rings. The van der Waals surface area contributed by atoms with Crippen LogP contribution in [-0.2, 0) is 19.5 Å². The van der Waals surface area contributed by atoms with Gasteiger partial charge in [0.15, 0.2) is 5.65 Å². The molecule has 326 valence electrons. The normalized spacial score (nSPS) is 17.2. The number of carbonyl (C=O) groups excluding carboxylic acids is 1. The predicted octanol–water partition coefficient (Wildman–Crippen LogP) is 8.02. The lowest BCUT2D eigenvalue weighted by atomic mass is 10.0. The summed E-state index contributed by atoms with van der Waals surface area (Å²) in [5.74, 6) is -0.949. The van der Waals surface area contributed by atoms with E-state index in [0.717, 1.165) is 16.6 Å². The summed E-state index contributed by atoms with van der Waals surface area (Å²) in [4.78, 5) is 49.9. The van der Waals surface area contributed by atoms with Crippen molar-refractivity contribution in [2.45, 2.75) is 76.9 Å². The minimum Gasteiger partial charge on any atom is -0.354 e. The van der Waals surface area contributed by atoms with Crippen molar-refractivity contribution in [1.82, 2.24) is 43.4 Å². The number of rotatable bonds is 10. The summed E-state index contributed by atoms with van der Waals surface area (Å²) in [6.45, 7) is 2.31. The first-order valence-electron chi connectivity index (χ1n) is 20.3. The van der Waals surface area contributed by atoms with Crippen molar-refractivity contribution in [2.75, 3.05) is 38.0 Å². The molecule has 0 bridgehead atoms. The van der Waals surface area contributed by atoms with Gasteiger partial charge in [-0.15, -0.1) is 0 Å². The molecule has 0 spiro atoms. The van der Waals surface area contributed by atoms with Crippen molar-refractivity contribution in [3.8, 4) is 5.69 Å². The highest BCUT2D eigenvalue weighted by molar-refractivity contribution is 6.30. The number of carbonyl (C=O) groups is 1. The topological polar surface area (TPSA) is 119 Å². The number of hydrogen-bond acceptors (Lipinski definition) is 8. The number of imidazole rings is 1. The molecule has 0 unspecified atom stereocenters. The molecule has 1 saturated carbocycles. The number of aromatic nitrogens is 7. The zero-order valence-electron chi connectivity index (χ0n) is 33.3. The highest BCUT2D eigenvalue weighted by Crippen LogP contribution is 2.58. The molecular weight excluding hydrogens is 845 g/mol. The molecule has 0 atom stereocenters. The second kappa shape index (κ2) is 15.7. The number of amides is 1. The number of benzene rings is 1. The van der Waals surface area contributed by atoms with Crippen LogP contribution >= 0.6 is 11.6 Å². The van der Waals surface area contributed by atoms with Gasteiger partial charge in [-0.1, -0.05) is 17.7 Å². The SMILES string of the molecule is Cc1nc(NCCC(F)(F)F)nc2c1n(-c1ccc(C(=O)N3CCc4c(n(Cc5ccc(Cl)cc5F)c5ncccc45)C3)nc1)c(=O)n2C1CCN(CC2(C(F)(F)F)CC2)CC1. The van der Waals surface area contributed by atoms with Gasteiger partial charge in [0, 0.05) is 66.6 Å². The number of anilines is 1. The van der Waals surface area contributed by atoms with Gasteiger partial charge in [-0.05, 0) is 81.0 Å². The van der Waals surface area contributed by atoms with Gasteiger partial charge in [0.1, 0.15) is 22.7 Å². The molecular formula is C42H40ClF7N10O2. The maximum absolute atomic E-state index is 15.0. The van der Waals surface area contributed by atoms with Crippen molar-refractivity contribution < 1.29 is 35.5 Å². The molecule has 3 aliphatic rings. The smallest absolute Gasteiger partial charge is 0.354 e. The van der Waals surface area contributed by atoms with Crippen LogP contribution in [0.25, 0.3) is 27.9 Å². The van der Waals surface area contributed by atoms with E-state index in [1.807, 2.05) is 16.7 Å². The Kier molecular flexibility index (Phi) is 10.5. The van der Waals surface area contributed by atoms with Crippen molar-refractivity contribution in [3.05, 3.63) is 104 Å². The van der Waals surface area contributed by atoms with Crippen LogP contribution in [0.3, 0.4) is 0 Å². The number of halogens is 8. The van der Waals surface area contributed by atoms with Gasteiger partial charge < -0.3 is 19.7 Å². The molecule has 1 aromatic carbocycles. The fourth-order valence-electron chi connectivity index (χ4n) is 8.92. The van der Waals surface area contributed by atoms with E-state index in [1.165, 1.54) is 27.5 Å². The molecule has 1 aliphatic carbocycles. The highest BCUT2D eigenvalue weighted by Gasteiger charge is 2.63. The van der Waals surface area contributed by atoms with Crippen molar-refractivity contribution >= 4 is 45.7 Å². The Morgan fingerprint density at radius 3 is 2.44 bits per heavy atom. The van der Waals surface area contributed by atoms with Gasteiger partial charge in [-0.3, -0.25) is 13.9 Å². The van der Waals surface area contributed by atoms with E-state index in [-0.39, 0.29) is 77.6 Å². The van der Waals surface area contributed by atoms with E-state index >= 15 is 0 Å². The standard InChI is InChI=1S/C42H40ClF7N10O2/c1-24-34-36(55-38(54-24)52-15-13-41(45,46)47)60(27-8-16-56(17-9-27)23-40(11-12-40)42(48,49)50)39(62)59(34)28-6-7-32(53-20-28)37(61)57-18-10-29-30-3-2-14-51-35(30)58(33(29)22-57)21-25-4-5-26(43)19-31(25)44/h2-7,14,19-20,27H,8-13,15-18,21-23H2,1H3,(H,52,54,55). The lowest BCUT2D eigenvalue weighted by Gasteiger charge is -2.35. The molecule has 20 heteroatoms. The van der Waals surface area contributed by atoms with Gasteiger partial charge >= 0.3 is 18.0 Å². The zero-order chi connectivity index (χ0) is 43.7. The van der Waals surface area contributed by atoms with Crippen LogP contribution in [0.1, 0.15) is 71.1 Å². The number of pyridine rings is 2. The summed E-state index contributed by atoms with van der Waals surface area (Å²) in [6.07, 6.45) is -5.49. The van der Waals surface area contributed by atoms with Crippen LogP contribution in [0.4, 0.5) is 36.7 Å². The lowest BCUT2D eigenvalue weighted by molar-refractivity contribution is -0.192. The Morgan fingerprint density at radius 2 is 1.76 bits per heavy atom. The first-order valence-corrected chi connectivity index (χ1v) is 20.6. The third-order valence-electron chi connectivity index (χ3n) is 12.4. The van der Waals surface area contributed by atoms with E-state index < -0.39 is 48.3 Å². The van der Waals surface area contributed by atoms with E-state index in [4.69, 9.17) is 11.6 Å². The molecule has 12 nitrogen and oxygen atoms in total. The van der Waals surface area contributed by atoms with Crippen molar-refractivity contribution in [3.63, 3.8) is 0 Å². The van der Waals surface area contributed by atoms with Crippen LogP contribution in [-0.4, -0.2) is 94.4 Å². The largest absolute Gasteiger partial charge is 0.395 e. The monoisotopic (exact) mass is 884 g/mol. The number of likely N-dealkylation sites (tertiary alicyclic amines) is 1. The van der Waals surface area contributed by atoms with Crippen LogP contribution < -0.4 is 11.0 Å². The van der Waals surface area contributed by atoms with Crippen LogP contribution in [0.2, 0.25) is 5.02 Å². The third-order valence-corrected chi connectivity index (χ3v) is 12.6. The number of aryl methyl sites for hydroxylation is 1. The maximum Gasteiger partial charge on any atom is 0.395 e. The van der Waals surface area contributed by atoms with Crippen molar-refractivity contribution in [2.24, 2.45) is 5.41 Å². The molecule has 2 aliphatic heterocycles. The fourth-order valence-corrected chi connectivity index (χ4v) is 9.07. The molecule has 1 N–H and O–H groups in total. The summed E-state index contributed by atoms with van der Waals surface area (Å²) >= 11 is 6.01. The summed E-state index contributed by atoms with van der Waals surface area (Å²) < 4.78 is 100.0. The lowest BCUT2D eigenvalue weighted by Crippen LogP contribution is -2.43. The number of hydrogen-bond donors (Lipinski definition) is 1. The first kappa shape index (κ1) is 41.8. The number of nitrogens with zero attached hydrogens (tertiary/aromatic N) is 9. The van der Waals surface area contributed by atoms with E-state index in [9.17, 15) is 40.3 Å². The molecule has 7 heterocycles. The average Bonchev–Trinajstić information content (AvgIpc) is 3.88. The maximum atomic E-state index is 15.0. The number of nitrogens with one attached hydrogen (secondary N) is 1. The molecule has 9 rings (SSSR count). The molecule has 1 amide bonds. The Balaban J connectivity index is 1.00. The zero-order valence-corrected chi connectivity index (χ0v) is 34.1. The Labute approximate surface area is 354 Å². The summed E-state index contributed by atoms with van der Waals surface area (Å²) in [6, 6.07) is 10.9. The number of piperidine rings is 1. The third kappa shape index (κ3) is 7.77. The van der Waals surface area contributed by atoms with Crippen LogP contribution in [0, 0.1) is 18.2 Å². The Bertz CT molecular complexity index is 2750. The average molecular weight is 885 g/mol. The highest BCUT2D eigenvalue weighted by atomic mass is 35.5. The quantitative estimate of drug-likeness (QED) is 0.138. The van der Waals surface area contributed by atoms with Gasteiger partial charge in [-0.25, -0.2) is 24.1 Å². The van der Waals surface area contributed by atoms with Crippen LogP contribution in [0.5, 0.6) is 0 Å². The van der Waals surface area contributed by atoms with Crippen molar-refractivity contribution in [1.29, 1.82) is 0 Å². The Morgan fingerprint density at radius 1 is 0.984 bits per heavy atom. The van der Waals surface area contributed by atoms with Gasteiger partial charge in [0.05, 0.1) is 42.5 Å². The van der Waals surface area contributed by atoms with E-state index in [2.05, 4.69) is 25.3 Å². The van der Waals surface area contributed by atoms with Gasteiger partial charge in [0.2, 0.25) is 5.95 Å². The summed E-state index contributed by atoms with van der Waals surface area (Å²) in [5.41, 5.74) is 1.73. The molecule has 0 radical (unpaired) electrons. The minimum atomic E-state index is -4.43. The second-order valence-corrected chi connectivity index (χ2v) is 16.8. The van der Waals surface area contributed by atoms with E-state index in [1.54, 1.807) is 41.1 Å². The van der Waals surface area contributed by atoms with Crippen LogP contribution in [0.15, 0.2) is 59.7 Å². The Hall–Kier alpha value is -5.56. The number of alkyl halides is 6. The molecule has 5 aromatic heterocycles.